The van der Waals surface area contributed by atoms with E-state index >= 15 is 0 Å². The summed E-state index contributed by atoms with van der Waals surface area (Å²) in [5, 5.41) is 0. The first-order valence-electron chi connectivity index (χ1n) is 10.3. The molecule has 0 unspecified atom stereocenters. The molecule has 0 bridgehead atoms. The van der Waals surface area contributed by atoms with Crippen LogP contribution in [0.1, 0.15) is 92.4 Å². The third kappa shape index (κ3) is 14.4. The second kappa shape index (κ2) is 17.8. The van der Waals surface area contributed by atoms with Crippen LogP contribution in [0.25, 0.3) is 0 Å². The van der Waals surface area contributed by atoms with Crippen LogP contribution in [0.3, 0.4) is 0 Å². The van der Waals surface area contributed by atoms with E-state index in [2.05, 4.69) is 11.9 Å². The Morgan fingerprint density at radius 2 is 1.41 bits per heavy atom. The van der Waals surface area contributed by atoms with Gasteiger partial charge in [0.1, 0.15) is 12.1 Å². The van der Waals surface area contributed by atoms with Gasteiger partial charge in [0.2, 0.25) is 0 Å². The molecule has 2 atom stereocenters. The van der Waals surface area contributed by atoms with Gasteiger partial charge in [-0.15, -0.1) is 0 Å². The van der Waals surface area contributed by atoms with Crippen molar-refractivity contribution in [2.75, 3.05) is 0 Å². The fourth-order valence-electron chi connectivity index (χ4n) is 2.56. The molecule has 0 amide bonds. The quantitative estimate of drug-likeness (QED) is 0.159. The number of rotatable bonds is 14. The molecule has 0 rings (SSSR count). The van der Waals surface area contributed by atoms with Crippen molar-refractivity contribution in [3.63, 3.8) is 0 Å². The average molecular weight is 393 g/mol. The third-order valence-corrected chi connectivity index (χ3v) is 4.52. The van der Waals surface area contributed by atoms with Crippen LogP contribution < -0.4 is 5.73 Å². The molecule has 2 N–H and O–H groups in total. The zero-order chi connectivity index (χ0) is 19.9. The molecule has 0 aliphatic carbocycles. The molecule has 0 heterocycles. The monoisotopic (exact) mass is 392 g/mol. The van der Waals surface area contributed by atoms with Gasteiger partial charge in [-0.3, -0.25) is 4.99 Å². The number of carbonyl (C=O) groups is 2. The fourth-order valence-corrected chi connectivity index (χ4v) is 2.56. The van der Waals surface area contributed by atoms with E-state index in [9.17, 15) is 9.59 Å². The van der Waals surface area contributed by atoms with Gasteiger partial charge in [-0.25, -0.2) is 9.59 Å². The van der Waals surface area contributed by atoms with Crippen molar-refractivity contribution in [3.8, 4) is 0 Å². The Hall–Kier alpha value is -0.230. The summed E-state index contributed by atoms with van der Waals surface area (Å²) in [6, 6.07) is -1.43. The molecule has 0 aromatic rings. The Kier molecular flexibility index (Phi) is 19.1. The standard InChI is InChI=1S/C21H40N2O3.Na.H/c1-6-7-8-9-10-11-12-13-14-15-23-19(17(4)5)21(25)26-20(24)18(22)16(2)3;;/h15-19H,6-14,22H2,1-5H3;;/t18-,19-;;/m0../s1. The number of ether oxygens (including phenoxy) is 1. The molecule has 27 heavy (non-hydrogen) atoms. The molecular weight excluding hydrogens is 351 g/mol. The molecule has 0 aromatic heterocycles. The Balaban J connectivity index is 0. The predicted octanol–water partition coefficient (Wildman–Crippen LogP) is 4.02. The van der Waals surface area contributed by atoms with E-state index in [-0.39, 0.29) is 41.4 Å². The second-order valence-electron chi connectivity index (χ2n) is 7.79. The topological polar surface area (TPSA) is 81.8 Å². The summed E-state index contributed by atoms with van der Waals surface area (Å²) in [5.74, 6) is -1.37. The van der Waals surface area contributed by atoms with Crippen molar-refractivity contribution in [2.24, 2.45) is 22.6 Å². The SMILES string of the molecule is CCCCCCCCCCC=N[C@H](C(=O)OC(=O)[C@@H](N)C(C)C)C(C)C.[NaH]. The van der Waals surface area contributed by atoms with Crippen LogP contribution in [-0.2, 0) is 14.3 Å². The predicted molar refractivity (Wildman–Crippen MR) is 115 cm³/mol. The van der Waals surface area contributed by atoms with Gasteiger partial charge in [0, 0.05) is 0 Å². The van der Waals surface area contributed by atoms with Crippen LogP contribution in [0.2, 0.25) is 0 Å². The van der Waals surface area contributed by atoms with E-state index in [1.165, 1.54) is 44.9 Å². The number of hydrogen-bond acceptors (Lipinski definition) is 5. The van der Waals surface area contributed by atoms with Gasteiger partial charge < -0.3 is 10.5 Å². The van der Waals surface area contributed by atoms with E-state index in [1.807, 2.05) is 27.7 Å². The molecule has 0 fully saturated rings. The Morgan fingerprint density at radius 1 is 0.889 bits per heavy atom. The van der Waals surface area contributed by atoms with Gasteiger partial charge in [0.05, 0.1) is 0 Å². The van der Waals surface area contributed by atoms with Crippen LogP contribution in [0, 0.1) is 11.8 Å². The second-order valence-corrected chi connectivity index (χ2v) is 7.79. The fraction of sp³-hybridized carbons (Fsp3) is 0.857. The Bertz CT molecular complexity index is 426. The molecule has 0 radical (unpaired) electrons. The first-order chi connectivity index (χ1) is 12.3. The third-order valence-electron chi connectivity index (χ3n) is 4.52. The minimum absolute atomic E-state index is 0. The summed E-state index contributed by atoms with van der Waals surface area (Å²) in [5.41, 5.74) is 5.73. The number of nitrogens with two attached hydrogens (primary N) is 1. The number of aliphatic imine (C=N–C) groups is 1. The molecule has 154 valence electrons. The summed E-state index contributed by atoms with van der Waals surface area (Å²) in [7, 11) is 0. The van der Waals surface area contributed by atoms with E-state index in [0.717, 1.165) is 12.8 Å². The number of unbranched alkanes of at least 4 members (excludes halogenated alkanes) is 8. The Labute approximate surface area is 188 Å². The zero-order valence-corrected chi connectivity index (χ0v) is 17.5. The van der Waals surface area contributed by atoms with Gasteiger partial charge in [-0.2, -0.15) is 0 Å². The molecule has 0 aliphatic heterocycles. The van der Waals surface area contributed by atoms with Gasteiger partial charge >= 0.3 is 41.5 Å². The van der Waals surface area contributed by atoms with E-state index in [1.54, 1.807) is 6.21 Å². The van der Waals surface area contributed by atoms with Crippen molar-refractivity contribution in [1.29, 1.82) is 0 Å². The normalized spacial score (nSPS) is 13.6. The first kappa shape index (κ1) is 29.0. The minimum atomic E-state index is -0.784. The molecule has 6 heteroatoms. The summed E-state index contributed by atoms with van der Waals surface area (Å²) < 4.78 is 4.92. The van der Waals surface area contributed by atoms with Crippen molar-refractivity contribution in [2.45, 2.75) is 104 Å². The number of nitrogens with zero attached hydrogens (tertiary/aromatic N) is 1. The van der Waals surface area contributed by atoms with E-state index < -0.39 is 24.0 Å². The van der Waals surface area contributed by atoms with Crippen LogP contribution in [0.5, 0.6) is 0 Å². The maximum absolute atomic E-state index is 12.2. The maximum atomic E-state index is 12.2. The van der Waals surface area contributed by atoms with Gasteiger partial charge in [0.25, 0.3) is 0 Å². The molecule has 0 aromatic carbocycles. The van der Waals surface area contributed by atoms with Crippen LogP contribution in [0.15, 0.2) is 4.99 Å². The molecular formula is C21H41N2NaO3. The van der Waals surface area contributed by atoms with Crippen molar-refractivity contribution in [3.05, 3.63) is 0 Å². The van der Waals surface area contributed by atoms with Crippen molar-refractivity contribution >= 4 is 47.7 Å². The Morgan fingerprint density at radius 3 is 1.89 bits per heavy atom. The molecule has 0 spiro atoms. The van der Waals surface area contributed by atoms with Gasteiger partial charge in [-0.1, -0.05) is 79.6 Å². The molecule has 5 nitrogen and oxygen atoms in total. The number of esters is 2. The number of carbonyl (C=O) groups excluding carboxylic acids is 2. The van der Waals surface area contributed by atoms with Crippen molar-refractivity contribution < 1.29 is 14.3 Å². The summed E-state index contributed by atoms with van der Waals surface area (Å²) in [4.78, 5) is 28.4. The summed E-state index contributed by atoms with van der Waals surface area (Å²) in [6.07, 6.45) is 12.8. The van der Waals surface area contributed by atoms with Gasteiger partial charge in [-0.05, 0) is 30.9 Å². The van der Waals surface area contributed by atoms with Crippen molar-refractivity contribution in [1.82, 2.24) is 0 Å². The molecule has 0 saturated heterocycles. The van der Waals surface area contributed by atoms with Crippen LogP contribution >= 0.6 is 0 Å². The first-order valence-corrected chi connectivity index (χ1v) is 10.3. The summed E-state index contributed by atoms with van der Waals surface area (Å²) in [6.45, 7) is 9.66. The van der Waals surface area contributed by atoms with E-state index in [0.29, 0.717) is 0 Å². The zero-order valence-electron chi connectivity index (χ0n) is 17.5. The van der Waals surface area contributed by atoms with E-state index in [4.69, 9.17) is 10.5 Å². The molecule has 0 saturated carbocycles. The van der Waals surface area contributed by atoms with Crippen LogP contribution in [0.4, 0.5) is 0 Å². The molecule has 0 aliphatic rings. The average Bonchev–Trinajstić information content (AvgIpc) is 2.58. The van der Waals surface area contributed by atoms with Crippen LogP contribution in [-0.4, -0.2) is 59.8 Å². The van der Waals surface area contributed by atoms with Gasteiger partial charge in [0.15, 0.2) is 0 Å². The summed E-state index contributed by atoms with van der Waals surface area (Å²) >= 11 is 0. The number of hydrogen-bond donors (Lipinski definition) is 1.